The number of methoxy groups -OCH3 is 1. The number of hydrogen-bond donors (Lipinski definition) is 1. The van der Waals surface area contributed by atoms with Crippen molar-refractivity contribution < 1.29 is 33.3 Å². The predicted octanol–water partition coefficient (Wildman–Crippen LogP) is 2.46. The van der Waals surface area contributed by atoms with Crippen molar-refractivity contribution in [3.63, 3.8) is 0 Å². The number of alkyl carbamates (subject to hydrolysis) is 1. The van der Waals surface area contributed by atoms with Gasteiger partial charge in [-0.15, -0.1) is 0 Å². The van der Waals surface area contributed by atoms with Gasteiger partial charge in [0, 0.05) is 0 Å². The van der Waals surface area contributed by atoms with Crippen molar-refractivity contribution >= 4 is 18.0 Å². The zero-order valence-corrected chi connectivity index (χ0v) is 15.5. The van der Waals surface area contributed by atoms with Crippen molar-refractivity contribution in [2.45, 2.75) is 19.6 Å². The van der Waals surface area contributed by atoms with E-state index in [2.05, 4.69) is 4.74 Å². The highest BCUT2D eigenvalue weighted by atomic mass is 16.6. The number of carbonyl (C=O) groups is 3. The number of imide groups is 1. The summed E-state index contributed by atoms with van der Waals surface area (Å²) >= 11 is 0. The Balaban J connectivity index is 1.74. The van der Waals surface area contributed by atoms with E-state index in [-0.39, 0.29) is 6.61 Å². The van der Waals surface area contributed by atoms with Crippen molar-refractivity contribution in [1.29, 1.82) is 0 Å². The molecule has 0 aromatic heterocycles. The summed E-state index contributed by atoms with van der Waals surface area (Å²) in [5.74, 6) is -0.445. The van der Waals surface area contributed by atoms with Gasteiger partial charge in [-0.25, -0.2) is 9.59 Å². The summed E-state index contributed by atoms with van der Waals surface area (Å²) in [5, 5.41) is 1.91. The molecule has 148 valence electrons. The van der Waals surface area contributed by atoms with E-state index < -0.39 is 24.1 Å². The highest BCUT2D eigenvalue weighted by Gasteiger charge is 2.20. The molecular weight excluding hydrogens is 366 g/mol. The van der Waals surface area contributed by atoms with Crippen LogP contribution in [0.5, 0.6) is 11.5 Å². The second kappa shape index (κ2) is 10.6. The number of amides is 2. The van der Waals surface area contributed by atoms with Crippen LogP contribution in [0.25, 0.3) is 0 Å². The lowest BCUT2D eigenvalue weighted by molar-refractivity contribution is -0.156. The fraction of sp³-hybridized carbons (Fsp3) is 0.250. The molecular formula is C20H21NO7. The third kappa shape index (κ3) is 6.99. The third-order valence-electron chi connectivity index (χ3n) is 3.52. The first-order valence-corrected chi connectivity index (χ1v) is 8.46. The Morgan fingerprint density at radius 1 is 0.929 bits per heavy atom. The molecule has 0 radical (unpaired) electrons. The largest absolute Gasteiger partial charge is 0.489 e. The molecule has 8 heteroatoms. The van der Waals surface area contributed by atoms with Crippen LogP contribution in [-0.2, 0) is 25.7 Å². The lowest BCUT2D eigenvalue weighted by atomic mass is 10.2. The minimum Gasteiger partial charge on any atom is -0.489 e. The van der Waals surface area contributed by atoms with Crippen molar-refractivity contribution in [2.24, 2.45) is 0 Å². The van der Waals surface area contributed by atoms with Gasteiger partial charge in [0.2, 0.25) is 0 Å². The summed E-state index contributed by atoms with van der Waals surface area (Å²) in [4.78, 5) is 34.3. The van der Waals surface area contributed by atoms with E-state index in [9.17, 15) is 14.4 Å². The number of ether oxygens (including phenoxy) is 4. The fourth-order valence-electron chi connectivity index (χ4n) is 2.05. The molecule has 0 spiro atoms. The molecule has 8 nitrogen and oxygen atoms in total. The Morgan fingerprint density at radius 3 is 2.14 bits per heavy atom. The lowest BCUT2D eigenvalue weighted by Crippen LogP contribution is -2.40. The Bertz CT molecular complexity index is 790. The van der Waals surface area contributed by atoms with Crippen molar-refractivity contribution in [3.8, 4) is 11.5 Å². The Hall–Kier alpha value is -3.55. The summed E-state index contributed by atoms with van der Waals surface area (Å²) in [6, 6.07) is 16.5. The maximum Gasteiger partial charge on any atom is 0.413 e. The molecule has 0 fully saturated rings. The molecule has 0 bridgehead atoms. The molecule has 2 rings (SSSR count). The zero-order chi connectivity index (χ0) is 20.4. The first kappa shape index (κ1) is 20.8. The smallest absolute Gasteiger partial charge is 0.413 e. The van der Waals surface area contributed by atoms with E-state index in [4.69, 9.17) is 14.2 Å². The normalized spacial score (nSPS) is 11.1. The molecule has 0 aliphatic rings. The van der Waals surface area contributed by atoms with E-state index >= 15 is 0 Å². The summed E-state index contributed by atoms with van der Waals surface area (Å²) in [5.41, 5.74) is 1.05. The quantitative estimate of drug-likeness (QED) is 0.695. The highest BCUT2D eigenvalue weighted by molar-refractivity contribution is 5.95. The number of benzene rings is 2. The Kier molecular flexibility index (Phi) is 7.83. The molecule has 28 heavy (non-hydrogen) atoms. The van der Waals surface area contributed by atoms with Gasteiger partial charge in [0.1, 0.15) is 18.1 Å². The van der Waals surface area contributed by atoms with Crippen LogP contribution >= 0.6 is 0 Å². The monoisotopic (exact) mass is 387 g/mol. The molecule has 1 atom stereocenters. The summed E-state index contributed by atoms with van der Waals surface area (Å²) in [6.07, 6.45) is -2.09. The molecule has 0 heterocycles. The van der Waals surface area contributed by atoms with Crippen LogP contribution in [0.2, 0.25) is 0 Å². The van der Waals surface area contributed by atoms with Crippen molar-refractivity contribution in [2.75, 3.05) is 13.7 Å². The van der Waals surface area contributed by atoms with E-state index in [1.165, 1.54) is 6.92 Å². The van der Waals surface area contributed by atoms with Crippen LogP contribution in [0, 0.1) is 0 Å². The van der Waals surface area contributed by atoms with Gasteiger partial charge in [-0.1, -0.05) is 30.3 Å². The molecule has 2 aromatic rings. The SMILES string of the molecule is COC(=O)NC(=O)[C@H](C)OC(=O)COc1ccc(OCc2ccccc2)cc1. The van der Waals surface area contributed by atoms with E-state index in [1.54, 1.807) is 24.3 Å². The molecule has 0 saturated carbocycles. The van der Waals surface area contributed by atoms with Crippen LogP contribution in [0.1, 0.15) is 12.5 Å². The van der Waals surface area contributed by atoms with Gasteiger partial charge in [-0.05, 0) is 36.8 Å². The Morgan fingerprint density at radius 2 is 1.54 bits per heavy atom. The number of carbonyl (C=O) groups excluding carboxylic acids is 3. The second-order valence-corrected chi connectivity index (χ2v) is 5.65. The molecule has 0 aliphatic heterocycles. The standard InChI is InChI=1S/C20H21NO7/c1-14(19(23)21-20(24)25-2)28-18(22)13-27-17-10-8-16(9-11-17)26-12-15-6-4-3-5-7-15/h3-11,14H,12-13H2,1-2H3,(H,21,23,24)/t14-/m0/s1. The number of nitrogens with one attached hydrogen (secondary N) is 1. The van der Waals surface area contributed by atoms with Gasteiger partial charge in [-0.3, -0.25) is 10.1 Å². The second-order valence-electron chi connectivity index (χ2n) is 5.65. The van der Waals surface area contributed by atoms with Crippen LogP contribution < -0.4 is 14.8 Å². The van der Waals surface area contributed by atoms with Gasteiger partial charge in [0.05, 0.1) is 7.11 Å². The first-order valence-electron chi connectivity index (χ1n) is 8.46. The minimum absolute atomic E-state index is 0.389. The van der Waals surface area contributed by atoms with E-state index in [0.717, 1.165) is 12.7 Å². The fourth-order valence-corrected chi connectivity index (χ4v) is 2.05. The van der Waals surface area contributed by atoms with Gasteiger partial charge < -0.3 is 18.9 Å². The van der Waals surface area contributed by atoms with Crippen molar-refractivity contribution in [3.05, 3.63) is 60.2 Å². The van der Waals surface area contributed by atoms with Crippen LogP contribution in [-0.4, -0.2) is 37.8 Å². The summed E-state index contributed by atoms with van der Waals surface area (Å²) < 4.78 is 20.1. The summed E-state index contributed by atoms with van der Waals surface area (Å²) in [6.45, 7) is 1.38. The number of rotatable bonds is 8. The number of esters is 1. The maximum absolute atomic E-state index is 11.7. The van der Waals surface area contributed by atoms with Gasteiger partial charge >= 0.3 is 12.1 Å². The van der Waals surface area contributed by atoms with Crippen LogP contribution in [0.15, 0.2) is 54.6 Å². The summed E-state index contributed by atoms with van der Waals surface area (Å²) in [7, 11) is 1.12. The lowest BCUT2D eigenvalue weighted by Gasteiger charge is -2.13. The van der Waals surface area contributed by atoms with Gasteiger partial charge in [0.25, 0.3) is 5.91 Å². The third-order valence-corrected chi connectivity index (χ3v) is 3.52. The maximum atomic E-state index is 11.7. The highest BCUT2D eigenvalue weighted by Crippen LogP contribution is 2.18. The van der Waals surface area contributed by atoms with Gasteiger partial charge in [0.15, 0.2) is 12.7 Å². The minimum atomic E-state index is -1.16. The topological polar surface area (TPSA) is 100 Å². The molecule has 1 N–H and O–H groups in total. The first-order chi connectivity index (χ1) is 13.5. The molecule has 2 aromatic carbocycles. The van der Waals surface area contributed by atoms with Gasteiger partial charge in [-0.2, -0.15) is 0 Å². The zero-order valence-electron chi connectivity index (χ0n) is 15.5. The average molecular weight is 387 g/mol. The molecule has 0 saturated heterocycles. The number of hydrogen-bond acceptors (Lipinski definition) is 7. The molecule has 0 unspecified atom stereocenters. The predicted molar refractivity (Wildman–Crippen MR) is 98.8 cm³/mol. The van der Waals surface area contributed by atoms with E-state index in [0.29, 0.717) is 18.1 Å². The average Bonchev–Trinajstić information content (AvgIpc) is 2.72. The molecule has 2 amide bonds. The molecule has 0 aliphatic carbocycles. The van der Waals surface area contributed by atoms with Crippen molar-refractivity contribution in [1.82, 2.24) is 5.32 Å². The Labute approximate surface area is 162 Å². The van der Waals surface area contributed by atoms with E-state index in [1.807, 2.05) is 35.6 Å². The van der Waals surface area contributed by atoms with Crippen LogP contribution in [0.3, 0.4) is 0 Å². The van der Waals surface area contributed by atoms with Crippen LogP contribution in [0.4, 0.5) is 4.79 Å².